The SMILES string of the molecule is CCC1(CNc2cnn(CC(F)(F)F)c(=O)c2Br)CCC1. The summed E-state index contributed by atoms with van der Waals surface area (Å²) in [5.74, 6) is 0. The summed E-state index contributed by atoms with van der Waals surface area (Å²) in [5, 5.41) is 6.72. The molecule has 0 aliphatic heterocycles. The molecular formula is C13H17BrF3N3O. The molecule has 0 bridgehead atoms. The van der Waals surface area contributed by atoms with Crippen molar-refractivity contribution in [3.8, 4) is 0 Å². The second-order valence-corrected chi connectivity index (χ2v) is 6.30. The summed E-state index contributed by atoms with van der Waals surface area (Å²) < 4.78 is 37.5. The largest absolute Gasteiger partial charge is 0.408 e. The molecule has 8 heteroatoms. The Balaban J connectivity index is 2.12. The van der Waals surface area contributed by atoms with Crippen LogP contribution in [-0.2, 0) is 6.54 Å². The number of nitrogens with one attached hydrogen (secondary N) is 1. The van der Waals surface area contributed by atoms with E-state index in [1.54, 1.807) is 0 Å². The summed E-state index contributed by atoms with van der Waals surface area (Å²) >= 11 is 3.07. The Hall–Kier alpha value is -1.05. The fraction of sp³-hybridized carbons (Fsp3) is 0.692. The van der Waals surface area contributed by atoms with Crippen molar-refractivity contribution in [3.05, 3.63) is 21.0 Å². The van der Waals surface area contributed by atoms with Gasteiger partial charge >= 0.3 is 6.18 Å². The molecule has 2 rings (SSSR count). The number of aromatic nitrogens is 2. The van der Waals surface area contributed by atoms with E-state index < -0.39 is 18.3 Å². The lowest BCUT2D eigenvalue weighted by Gasteiger charge is -2.41. The summed E-state index contributed by atoms with van der Waals surface area (Å²) in [4.78, 5) is 11.9. The third-order valence-electron chi connectivity index (χ3n) is 4.13. The van der Waals surface area contributed by atoms with Crippen LogP contribution in [-0.4, -0.2) is 22.5 Å². The van der Waals surface area contributed by atoms with Crippen LogP contribution in [0.4, 0.5) is 18.9 Å². The fourth-order valence-corrected chi connectivity index (χ4v) is 2.93. The van der Waals surface area contributed by atoms with Gasteiger partial charge < -0.3 is 5.32 Å². The van der Waals surface area contributed by atoms with Gasteiger partial charge in [-0.3, -0.25) is 4.79 Å². The van der Waals surface area contributed by atoms with E-state index in [1.807, 2.05) is 0 Å². The molecular weight excluding hydrogens is 351 g/mol. The van der Waals surface area contributed by atoms with Crippen molar-refractivity contribution in [2.24, 2.45) is 5.41 Å². The minimum absolute atomic E-state index is 0.0901. The molecule has 1 aromatic rings. The van der Waals surface area contributed by atoms with Gasteiger partial charge in [-0.2, -0.15) is 18.3 Å². The highest BCUT2D eigenvalue weighted by molar-refractivity contribution is 9.10. The van der Waals surface area contributed by atoms with E-state index in [0.29, 0.717) is 16.9 Å². The topological polar surface area (TPSA) is 46.9 Å². The second kappa shape index (κ2) is 5.98. The van der Waals surface area contributed by atoms with Crippen molar-refractivity contribution >= 4 is 21.6 Å². The molecule has 1 N–H and O–H groups in total. The van der Waals surface area contributed by atoms with E-state index in [1.165, 1.54) is 12.6 Å². The molecule has 21 heavy (non-hydrogen) atoms. The zero-order valence-corrected chi connectivity index (χ0v) is 13.2. The highest BCUT2D eigenvalue weighted by atomic mass is 79.9. The molecule has 0 radical (unpaired) electrons. The van der Waals surface area contributed by atoms with Gasteiger partial charge in [-0.05, 0) is 40.6 Å². The number of hydrogen-bond donors (Lipinski definition) is 1. The minimum atomic E-state index is -4.47. The molecule has 0 saturated heterocycles. The lowest BCUT2D eigenvalue weighted by atomic mass is 9.67. The monoisotopic (exact) mass is 367 g/mol. The summed E-state index contributed by atoms with van der Waals surface area (Å²) in [5.41, 5.74) is -0.102. The Morgan fingerprint density at radius 1 is 1.48 bits per heavy atom. The zero-order valence-electron chi connectivity index (χ0n) is 11.6. The third kappa shape index (κ3) is 3.78. The lowest BCUT2D eigenvalue weighted by molar-refractivity contribution is -0.143. The Morgan fingerprint density at radius 2 is 2.14 bits per heavy atom. The van der Waals surface area contributed by atoms with E-state index in [4.69, 9.17) is 0 Å². The summed E-state index contributed by atoms with van der Waals surface area (Å²) in [6.07, 6.45) is 1.29. The van der Waals surface area contributed by atoms with E-state index >= 15 is 0 Å². The van der Waals surface area contributed by atoms with Crippen molar-refractivity contribution < 1.29 is 13.2 Å². The molecule has 0 atom stereocenters. The maximum atomic E-state index is 12.3. The molecule has 0 spiro atoms. The zero-order chi connectivity index (χ0) is 15.7. The molecule has 1 aromatic heterocycles. The van der Waals surface area contributed by atoms with Crippen molar-refractivity contribution in [3.63, 3.8) is 0 Å². The van der Waals surface area contributed by atoms with Gasteiger partial charge in [-0.15, -0.1) is 0 Å². The molecule has 0 unspecified atom stereocenters. The molecule has 1 fully saturated rings. The van der Waals surface area contributed by atoms with Gasteiger partial charge in [0.2, 0.25) is 0 Å². The summed E-state index contributed by atoms with van der Waals surface area (Å²) in [6, 6.07) is 0. The van der Waals surface area contributed by atoms with Gasteiger partial charge in [0.1, 0.15) is 11.0 Å². The van der Waals surface area contributed by atoms with E-state index in [2.05, 4.69) is 33.3 Å². The van der Waals surface area contributed by atoms with Crippen molar-refractivity contribution in [1.29, 1.82) is 0 Å². The van der Waals surface area contributed by atoms with Gasteiger partial charge in [0.05, 0.1) is 11.9 Å². The molecule has 0 amide bonds. The predicted molar refractivity (Wildman–Crippen MR) is 77.3 cm³/mol. The summed E-state index contributed by atoms with van der Waals surface area (Å²) in [7, 11) is 0. The molecule has 0 aromatic carbocycles. The molecule has 1 aliphatic carbocycles. The maximum Gasteiger partial charge on any atom is 0.408 e. The van der Waals surface area contributed by atoms with Crippen LogP contribution in [0.3, 0.4) is 0 Å². The van der Waals surface area contributed by atoms with Gasteiger partial charge in [0.15, 0.2) is 0 Å². The van der Waals surface area contributed by atoms with Crippen LogP contribution < -0.4 is 10.9 Å². The van der Waals surface area contributed by atoms with Crippen LogP contribution in [0.2, 0.25) is 0 Å². The number of anilines is 1. The fourth-order valence-electron chi connectivity index (χ4n) is 2.49. The predicted octanol–water partition coefficient (Wildman–Crippen LogP) is 3.56. The van der Waals surface area contributed by atoms with Crippen LogP contribution in [0.25, 0.3) is 0 Å². The van der Waals surface area contributed by atoms with Crippen molar-refractivity contribution in [2.45, 2.75) is 45.3 Å². The number of nitrogens with zero attached hydrogens (tertiary/aromatic N) is 2. The molecule has 1 heterocycles. The van der Waals surface area contributed by atoms with Gasteiger partial charge in [-0.25, -0.2) is 4.68 Å². The smallest absolute Gasteiger partial charge is 0.382 e. The lowest BCUT2D eigenvalue weighted by Crippen LogP contribution is -2.36. The first-order valence-corrected chi connectivity index (χ1v) is 7.62. The van der Waals surface area contributed by atoms with E-state index in [9.17, 15) is 18.0 Å². The maximum absolute atomic E-state index is 12.3. The Labute approximate surface area is 128 Å². The van der Waals surface area contributed by atoms with Gasteiger partial charge in [0.25, 0.3) is 5.56 Å². The Kier molecular flexibility index (Phi) is 4.65. The molecule has 118 valence electrons. The van der Waals surface area contributed by atoms with Gasteiger partial charge in [0, 0.05) is 6.54 Å². The average Bonchev–Trinajstić information content (AvgIpc) is 2.35. The Bertz CT molecular complexity index is 561. The minimum Gasteiger partial charge on any atom is -0.382 e. The highest BCUT2D eigenvalue weighted by Crippen LogP contribution is 2.43. The van der Waals surface area contributed by atoms with E-state index in [0.717, 1.165) is 19.3 Å². The van der Waals surface area contributed by atoms with Crippen LogP contribution in [0.5, 0.6) is 0 Å². The first-order chi connectivity index (χ1) is 9.76. The Morgan fingerprint density at radius 3 is 2.62 bits per heavy atom. The number of rotatable bonds is 5. The van der Waals surface area contributed by atoms with Crippen LogP contribution in [0.1, 0.15) is 32.6 Å². The van der Waals surface area contributed by atoms with E-state index in [-0.39, 0.29) is 9.89 Å². The standard InChI is InChI=1S/C13H17BrF3N3O/c1-2-12(4-3-5-12)7-18-9-6-19-20(8-13(15,16)17)11(21)10(9)14/h6,18H,2-5,7-8H2,1H3. The second-order valence-electron chi connectivity index (χ2n) is 5.51. The number of alkyl halides is 3. The normalized spacial score (nSPS) is 17.4. The number of halogens is 4. The van der Waals surface area contributed by atoms with Crippen molar-refractivity contribution in [2.75, 3.05) is 11.9 Å². The summed E-state index contributed by atoms with van der Waals surface area (Å²) in [6.45, 7) is 1.44. The highest BCUT2D eigenvalue weighted by Gasteiger charge is 2.35. The van der Waals surface area contributed by atoms with Crippen LogP contribution in [0, 0.1) is 5.41 Å². The van der Waals surface area contributed by atoms with Crippen LogP contribution >= 0.6 is 15.9 Å². The average molecular weight is 368 g/mol. The molecule has 1 aliphatic rings. The number of hydrogen-bond acceptors (Lipinski definition) is 3. The van der Waals surface area contributed by atoms with Crippen LogP contribution in [0.15, 0.2) is 15.5 Å². The van der Waals surface area contributed by atoms with Crippen molar-refractivity contribution in [1.82, 2.24) is 9.78 Å². The quantitative estimate of drug-likeness (QED) is 0.865. The molecule has 1 saturated carbocycles. The van der Waals surface area contributed by atoms with Gasteiger partial charge in [-0.1, -0.05) is 13.3 Å². The first-order valence-electron chi connectivity index (χ1n) is 6.83. The third-order valence-corrected chi connectivity index (χ3v) is 4.90. The first kappa shape index (κ1) is 16.3. The molecule has 4 nitrogen and oxygen atoms in total.